The molecule has 0 radical (unpaired) electrons. The van der Waals surface area contributed by atoms with E-state index < -0.39 is 0 Å². The van der Waals surface area contributed by atoms with Gasteiger partial charge >= 0.3 is 6.01 Å². The summed E-state index contributed by atoms with van der Waals surface area (Å²) in [5, 5.41) is 0.157. The number of hydrogen-bond acceptors (Lipinski definition) is 6. The summed E-state index contributed by atoms with van der Waals surface area (Å²) in [5.74, 6) is 1.64. The Morgan fingerprint density at radius 2 is 1.95 bits per heavy atom. The molecule has 0 aliphatic rings. The molecule has 1 unspecified atom stereocenters. The Morgan fingerprint density at radius 1 is 1.26 bits per heavy atom. The van der Waals surface area contributed by atoms with E-state index in [1.165, 1.54) is 0 Å². The number of halogens is 1. The normalized spacial score (nSPS) is 12.6. The molecular weight excluding hydrogens is 284 g/mol. The molecular formula is C12H21ClN4OS. The number of nitrogens with zero attached hydrogens (tertiary/aromatic N) is 4. The maximum Gasteiger partial charge on any atom is 0.322 e. The summed E-state index contributed by atoms with van der Waals surface area (Å²) in [7, 11) is 1.95. The topological polar surface area (TPSA) is 51.1 Å². The summed E-state index contributed by atoms with van der Waals surface area (Å²) < 4.78 is 5.47. The molecule has 1 aromatic heterocycles. The molecule has 108 valence electrons. The summed E-state index contributed by atoms with van der Waals surface area (Å²) >= 11 is 7.74. The van der Waals surface area contributed by atoms with Crippen molar-refractivity contribution in [3.8, 4) is 6.01 Å². The highest BCUT2D eigenvalue weighted by Gasteiger charge is 2.15. The van der Waals surface area contributed by atoms with Crippen molar-refractivity contribution < 1.29 is 4.74 Å². The SMILES string of the molecule is CSCCC(C)N(C)c1nc(Cl)nc(OC(C)C)n1. The lowest BCUT2D eigenvalue weighted by molar-refractivity contribution is 0.221. The highest BCUT2D eigenvalue weighted by atomic mass is 35.5. The van der Waals surface area contributed by atoms with E-state index in [4.69, 9.17) is 16.3 Å². The van der Waals surface area contributed by atoms with Gasteiger partial charge in [0, 0.05) is 13.1 Å². The van der Waals surface area contributed by atoms with Crippen LogP contribution < -0.4 is 9.64 Å². The lowest BCUT2D eigenvalue weighted by atomic mass is 10.2. The summed E-state index contributed by atoms with van der Waals surface area (Å²) in [4.78, 5) is 14.4. The average Bonchev–Trinajstić information content (AvgIpc) is 2.33. The van der Waals surface area contributed by atoms with Crippen LogP contribution in [0.25, 0.3) is 0 Å². The van der Waals surface area contributed by atoms with Crippen LogP contribution in [0.15, 0.2) is 0 Å². The molecule has 5 nitrogen and oxygen atoms in total. The molecule has 0 spiro atoms. The second kappa shape index (κ2) is 7.75. The smallest absolute Gasteiger partial charge is 0.322 e. The van der Waals surface area contributed by atoms with Crippen molar-refractivity contribution in [2.75, 3.05) is 24.0 Å². The van der Waals surface area contributed by atoms with Gasteiger partial charge in [-0.05, 0) is 50.8 Å². The van der Waals surface area contributed by atoms with Crippen LogP contribution in [0.2, 0.25) is 5.28 Å². The van der Waals surface area contributed by atoms with Crippen molar-refractivity contribution >= 4 is 29.3 Å². The molecule has 0 fully saturated rings. The third-order valence-electron chi connectivity index (χ3n) is 2.63. The molecule has 0 aliphatic heterocycles. The van der Waals surface area contributed by atoms with Crippen LogP contribution in [-0.2, 0) is 0 Å². The van der Waals surface area contributed by atoms with Crippen molar-refractivity contribution in [3.05, 3.63) is 5.28 Å². The van der Waals surface area contributed by atoms with Crippen LogP contribution in [0.1, 0.15) is 27.2 Å². The van der Waals surface area contributed by atoms with E-state index in [-0.39, 0.29) is 17.4 Å². The Balaban J connectivity index is 2.83. The molecule has 1 aromatic rings. The van der Waals surface area contributed by atoms with Crippen LogP contribution in [0.4, 0.5) is 5.95 Å². The molecule has 19 heavy (non-hydrogen) atoms. The van der Waals surface area contributed by atoms with Gasteiger partial charge in [0.1, 0.15) is 0 Å². The second-order valence-electron chi connectivity index (χ2n) is 4.60. The number of thioether (sulfide) groups is 1. The lowest BCUT2D eigenvalue weighted by Crippen LogP contribution is -2.31. The third-order valence-corrected chi connectivity index (χ3v) is 3.45. The molecule has 0 saturated heterocycles. The van der Waals surface area contributed by atoms with Crippen LogP contribution in [0.5, 0.6) is 6.01 Å². The van der Waals surface area contributed by atoms with E-state index in [0.29, 0.717) is 12.0 Å². The molecule has 0 aliphatic carbocycles. The monoisotopic (exact) mass is 304 g/mol. The minimum absolute atomic E-state index is 0.00513. The molecule has 0 aromatic carbocycles. The minimum atomic E-state index is 0.00513. The van der Waals surface area contributed by atoms with E-state index in [1.807, 2.05) is 37.6 Å². The Labute approximate surface area is 124 Å². The zero-order chi connectivity index (χ0) is 14.4. The van der Waals surface area contributed by atoms with E-state index in [0.717, 1.165) is 12.2 Å². The molecule has 0 bridgehead atoms. The van der Waals surface area contributed by atoms with E-state index in [2.05, 4.69) is 28.1 Å². The van der Waals surface area contributed by atoms with Crippen molar-refractivity contribution in [3.63, 3.8) is 0 Å². The molecule has 0 amide bonds. The molecule has 7 heteroatoms. The first-order valence-electron chi connectivity index (χ1n) is 6.24. The number of aromatic nitrogens is 3. The number of hydrogen-bond donors (Lipinski definition) is 0. The summed E-state index contributed by atoms with van der Waals surface area (Å²) in [6, 6.07) is 0.603. The van der Waals surface area contributed by atoms with Gasteiger partial charge in [-0.15, -0.1) is 0 Å². The van der Waals surface area contributed by atoms with Gasteiger partial charge in [0.25, 0.3) is 0 Å². The minimum Gasteiger partial charge on any atom is -0.461 e. The average molecular weight is 305 g/mol. The summed E-state index contributed by atoms with van der Waals surface area (Å²) in [6.07, 6.45) is 3.16. The van der Waals surface area contributed by atoms with Gasteiger partial charge in [-0.3, -0.25) is 0 Å². The molecule has 1 heterocycles. The highest BCUT2D eigenvalue weighted by molar-refractivity contribution is 7.98. The summed E-state index contributed by atoms with van der Waals surface area (Å²) in [5.41, 5.74) is 0. The second-order valence-corrected chi connectivity index (χ2v) is 5.92. The van der Waals surface area contributed by atoms with Crippen LogP contribution in [0.3, 0.4) is 0 Å². The zero-order valence-electron chi connectivity index (χ0n) is 12.1. The highest BCUT2D eigenvalue weighted by Crippen LogP contribution is 2.18. The predicted octanol–water partition coefficient (Wildman–Crippen LogP) is 2.89. The third kappa shape index (κ3) is 5.40. The van der Waals surface area contributed by atoms with Crippen LogP contribution in [0, 0.1) is 0 Å². The number of rotatable bonds is 7. The first kappa shape index (κ1) is 16.3. The number of ether oxygens (including phenoxy) is 1. The summed E-state index contributed by atoms with van der Waals surface area (Å²) in [6.45, 7) is 5.97. The Morgan fingerprint density at radius 3 is 2.53 bits per heavy atom. The number of anilines is 1. The standard InChI is InChI=1S/C12H21ClN4OS/c1-8(2)18-12-15-10(13)14-11(16-12)17(4)9(3)6-7-19-5/h8-9H,6-7H2,1-5H3. The lowest BCUT2D eigenvalue weighted by Gasteiger charge is -2.24. The van der Waals surface area contributed by atoms with Crippen molar-refractivity contribution in [1.29, 1.82) is 0 Å². The molecule has 0 N–H and O–H groups in total. The van der Waals surface area contributed by atoms with Gasteiger partial charge in [-0.2, -0.15) is 26.7 Å². The van der Waals surface area contributed by atoms with Gasteiger partial charge in [0.15, 0.2) is 0 Å². The fourth-order valence-electron chi connectivity index (χ4n) is 1.42. The zero-order valence-corrected chi connectivity index (χ0v) is 13.6. The van der Waals surface area contributed by atoms with Gasteiger partial charge in [-0.1, -0.05) is 0 Å². The quantitative estimate of drug-likeness (QED) is 0.772. The maximum atomic E-state index is 5.91. The molecule has 1 atom stereocenters. The fraction of sp³-hybridized carbons (Fsp3) is 0.750. The van der Waals surface area contributed by atoms with Crippen molar-refractivity contribution in [2.24, 2.45) is 0 Å². The first-order chi connectivity index (χ1) is 8.93. The predicted molar refractivity (Wildman–Crippen MR) is 81.5 cm³/mol. The van der Waals surface area contributed by atoms with Crippen molar-refractivity contribution in [1.82, 2.24) is 15.0 Å². The van der Waals surface area contributed by atoms with E-state index in [9.17, 15) is 0 Å². The van der Waals surface area contributed by atoms with Gasteiger partial charge in [0.2, 0.25) is 11.2 Å². The van der Waals surface area contributed by atoms with Crippen LogP contribution >= 0.6 is 23.4 Å². The first-order valence-corrected chi connectivity index (χ1v) is 8.01. The van der Waals surface area contributed by atoms with E-state index in [1.54, 1.807) is 0 Å². The van der Waals surface area contributed by atoms with Gasteiger partial charge < -0.3 is 9.64 Å². The van der Waals surface area contributed by atoms with Gasteiger partial charge in [0.05, 0.1) is 6.10 Å². The molecule has 0 saturated carbocycles. The van der Waals surface area contributed by atoms with E-state index >= 15 is 0 Å². The Bertz CT molecular complexity index is 405. The maximum absolute atomic E-state index is 5.91. The van der Waals surface area contributed by atoms with Crippen LogP contribution in [-0.4, -0.2) is 46.2 Å². The largest absolute Gasteiger partial charge is 0.461 e. The fourth-order valence-corrected chi connectivity index (χ4v) is 2.15. The molecule has 1 rings (SSSR count). The van der Waals surface area contributed by atoms with Gasteiger partial charge in [-0.25, -0.2) is 0 Å². The van der Waals surface area contributed by atoms with Crippen molar-refractivity contribution in [2.45, 2.75) is 39.3 Å². The Kier molecular flexibility index (Phi) is 6.65. The Hall–Kier alpha value is -0.750.